The first kappa shape index (κ1) is 14.8. The Kier molecular flexibility index (Phi) is 3.97. The molecule has 0 saturated carbocycles. The minimum absolute atomic E-state index is 0.208. The SMILES string of the molecule is O=C(Cc1ccc(-c2cccs2)cc1)Cc1cccc2nccn12. The van der Waals surface area contributed by atoms with Crippen molar-refractivity contribution in [1.29, 1.82) is 0 Å². The number of ketones is 1. The van der Waals surface area contributed by atoms with Crippen LogP contribution in [0.1, 0.15) is 11.3 Å². The molecule has 0 atom stereocenters. The van der Waals surface area contributed by atoms with Gasteiger partial charge in [-0.25, -0.2) is 4.98 Å². The average molecular weight is 332 g/mol. The van der Waals surface area contributed by atoms with E-state index in [-0.39, 0.29) is 5.78 Å². The molecule has 3 heterocycles. The molecule has 0 fully saturated rings. The highest BCUT2D eigenvalue weighted by Crippen LogP contribution is 2.24. The van der Waals surface area contributed by atoms with Crippen LogP contribution in [0.3, 0.4) is 0 Å². The van der Waals surface area contributed by atoms with Gasteiger partial charge in [-0.1, -0.05) is 36.4 Å². The van der Waals surface area contributed by atoms with Crippen molar-refractivity contribution in [2.75, 3.05) is 0 Å². The fraction of sp³-hybridized carbons (Fsp3) is 0.100. The summed E-state index contributed by atoms with van der Waals surface area (Å²) < 4.78 is 1.97. The maximum absolute atomic E-state index is 12.4. The van der Waals surface area contributed by atoms with E-state index in [1.54, 1.807) is 17.5 Å². The Morgan fingerprint density at radius 1 is 1.00 bits per heavy atom. The lowest BCUT2D eigenvalue weighted by atomic mass is 10.0. The molecule has 0 amide bonds. The molecule has 0 bridgehead atoms. The van der Waals surface area contributed by atoms with Crippen molar-refractivity contribution in [3.63, 3.8) is 0 Å². The summed E-state index contributed by atoms with van der Waals surface area (Å²) in [6, 6.07) is 18.3. The lowest BCUT2D eigenvalue weighted by molar-refractivity contribution is -0.117. The zero-order valence-electron chi connectivity index (χ0n) is 13.1. The Balaban J connectivity index is 1.47. The van der Waals surface area contributed by atoms with Crippen LogP contribution in [0.25, 0.3) is 16.1 Å². The van der Waals surface area contributed by atoms with Crippen LogP contribution < -0.4 is 0 Å². The molecule has 3 aromatic heterocycles. The van der Waals surface area contributed by atoms with Gasteiger partial charge in [0.1, 0.15) is 11.4 Å². The van der Waals surface area contributed by atoms with Gasteiger partial charge in [0, 0.05) is 35.8 Å². The van der Waals surface area contributed by atoms with Gasteiger partial charge in [0.15, 0.2) is 0 Å². The van der Waals surface area contributed by atoms with Crippen LogP contribution in [-0.4, -0.2) is 15.2 Å². The highest BCUT2D eigenvalue weighted by atomic mass is 32.1. The fourth-order valence-electron chi connectivity index (χ4n) is 2.87. The molecular formula is C20H16N2OS. The number of imidazole rings is 1. The van der Waals surface area contributed by atoms with Crippen LogP contribution >= 0.6 is 11.3 Å². The Hall–Kier alpha value is -2.72. The van der Waals surface area contributed by atoms with Gasteiger partial charge in [0.25, 0.3) is 0 Å². The van der Waals surface area contributed by atoms with Crippen molar-refractivity contribution in [3.05, 3.63) is 83.6 Å². The summed E-state index contributed by atoms with van der Waals surface area (Å²) in [5, 5.41) is 2.07. The van der Waals surface area contributed by atoms with Crippen molar-refractivity contribution in [1.82, 2.24) is 9.38 Å². The average Bonchev–Trinajstić information content (AvgIpc) is 3.27. The first-order valence-corrected chi connectivity index (χ1v) is 8.73. The van der Waals surface area contributed by atoms with E-state index in [1.165, 1.54) is 10.4 Å². The quantitative estimate of drug-likeness (QED) is 0.542. The van der Waals surface area contributed by atoms with Crippen molar-refractivity contribution in [2.45, 2.75) is 12.8 Å². The van der Waals surface area contributed by atoms with Gasteiger partial charge < -0.3 is 4.40 Å². The minimum atomic E-state index is 0.208. The predicted octanol–water partition coefficient (Wildman–Crippen LogP) is 4.42. The Bertz CT molecular complexity index is 968. The first-order chi connectivity index (χ1) is 11.8. The van der Waals surface area contributed by atoms with Gasteiger partial charge in [0.2, 0.25) is 0 Å². The normalized spacial score (nSPS) is 11.0. The van der Waals surface area contributed by atoms with Crippen LogP contribution in [0.5, 0.6) is 0 Å². The molecule has 4 rings (SSSR count). The molecule has 24 heavy (non-hydrogen) atoms. The predicted molar refractivity (Wildman–Crippen MR) is 97.4 cm³/mol. The number of benzene rings is 1. The van der Waals surface area contributed by atoms with Gasteiger partial charge in [-0.3, -0.25) is 4.79 Å². The number of Topliss-reactive ketones (excluding diaryl/α,β-unsaturated/α-hetero) is 1. The summed E-state index contributed by atoms with van der Waals surface area (Å²) in [5.41, 5.74) is 4.10. The summed E-state index contributed by atoms with van der Waals surface area (Å²) in [4.78, 5) is 17.9. The third-order valence-electron chi connectivity index (χ3n) is 4.05. The zero-order valence-corrected chi connectivity index (χ0v) is 13.9. The summed E-state index contributed by atoms with van der Waals surface area (Å²) in [6.07, 6.45) is 4.52. The van der Waals surface area contributed by atoms with Crippen molar-refractivity contribution in [3.8, 4) is 10.4 Å². The number of nitrogens with zero attached hydrogens (tertiary/aromatic N) is 2. The summed E-state index contributed by atoms with van der Waals surface area (Å²) >= 11 is 1.72. The third kappa shape index (κ3) is 3.01. The highest BCUT2D eigenvalue weighted by molar-refractivity contribution is 7.13. The minimum Gasteiger partial charge on any atom is -0.304 e. The molecule has 118 valence electrons. The number of pyridine rings is 1. The molecule has 0 saturated heterocycles. The van der Waals surface area contributed by atoms with Gasteiger partial charge in [0.05, 0.1) is 0 Å². The molecule has 0 radical (unpaired) electrons. The van der Waals surface area contributed by atoms with Crippen LogP contribution in [0.4, 0.5) is 0 Å². The largest absolute Gasteiger partial charge is 0.304 e. The van der Waals surface area contributed by atoms with E-state index in [1.807, 2.05) is 47.0 Å². The number of hydrogen-bond donors (Lipinski definition) is 0. The lowest BCUT2D eigenvalue weighted by Crippen LogP contribution is -2.09. The number of hydrogen-bond acceptors (Lipinski definition) is 3. The molecular weight excluding hydrogens is 316 g/mol. The molecule has 0 aliphatic heterocycles. The van der Waals surface area contributed by atoms with Gasteiger partial charge in [-0.2, -0.15) is 0 Å². The van der Waals surface area contributed by atoms with E-state index < -0.39 is 0 Å². The fourth-order valence-corrected chi connectivity index (χ4v) is 3.61. The molecule has 0 N–H and O–H groups in total. The number of carbonyl (C=O) groups excluding carboxylic acids is 1. The van der Waals surface area contributed by atoms with Crippen LogP contribution in [0, 0.1) is 0 Å². The summed E-state index contributed by atoms with van der Waals surface area (Å²) in [6.45, 7) is 0. The number of carbonyl (C=O) groups is 1. The van der Waals surface area contributed by atoms with Crippen LogP contribution in [0.2, 0.25) is 0 Å². The standard InChI is InChI=1S/C20H16N2OS/c23-18(14-17-3-1-5-20-21-10-11-22(17)20)13-15-6-8-16(9-7-15)19-4-2-12-24-19/h1-12H,13-14H2. The number of fused-ring (bicyclic) bond motifs is 1. The van der Waals surface area contributed by atoms with Crippen molar-refractivity contribution >= 4 is 22.8 Å². The van der Waals surface area contributed by atoms with E-state index in [0.717, 1.165) is 16.9 Å². The molecule has 4 aromatic rings. The summed E-state index contributed by atoms with van der Waals surface area (Å²) in [5.74, 6) is 0.208. The third-order valence-corrected chi connectivity index (χ3v) is 4.97. The van der Waals surface area contributed by atoms with Crippen molar-refractivity contribution < 1.29 is 4.79 Å². The number of thiophene rings is 1. The molecule has 0 aliphatic rings. The lowest BCUT2D eigenvalue weighted by Gasteiger charge is -2.06. The van der Waals surface area contributed by atoms with E-state index in [4.69, 9.17) is 0 Å². The maximum atomic E-state index is 12.4. The number of rotatable bonds is 5. The second-order valence-corrected chi connectivity index (χ2v) is 6.69. The maximum Gasteiger partial charge on any atom is 0.143 e. The molecule has 0 aliphatic carbocycles. The van der Waals surface area contributed by atoms with E-state index in [9.17, 15) is 4.79 Å². The molecule has 4 heteroatoms. The van der Waals surface area contributed by atoms with Crippen molar-refractivity contribution in [2.24, 2.45) is 0 Å². The molecule has 3 nitrogen and oxygen atoms in total. The van der Waals surface area contributed by atoms with E-state index >= 15 is 0 Å². The monoisotopic (exact) mass is 332 g/mol. The second kappa shape index (κ2) is 6.42. The Labute approximate surface area is 144 Å². The van der Waals surface area contributed by atoms with E-state index in [0.29, 0.717) is 12.8 Å². The number of aromatic nitrogens is 2. The van der Waals surface area contributed by atoms with Crippen LogP contribution in [0.15, 0.2) is 72.4 Å². The van der Waals surface area contributed by atoms with Gasteiger partial charge in [-0.15, -0.1) is 11.3 Å². The Morgan fingerprint density at radius 3 is 2.67 bits per heavy atom. The first-order valence-electron chi connectivity index (χ1n) is 7.85. The van der Waals surface area contributed by atoms with Gasteiger partial charge in [-0.05, 0) is 34.7 Å². The topological polar surface area (TPSA) is 34.4 Å². The van der Waals surface area contributed by atoms with E-state index in [2.05, 4.69) is 28.6 Å². The molecule has 1 aromatic carbocycles. The smallest absolute Gasteiger partial charge is 0.143 e. The Morgan fingerprint density at radius 2 is 1.88 bits per heavy atom. The molecule has 0 unspecified atom stereocenters. The van der Waals surface area contributed by atoms with Crippen LogP contribution in [-0.2, 0) is 17.6 Å². The second-order valence-electron chi connectivity index (χ2n) is 5.74. The molecule has 0 spiro atoms. The van der Waals surface area contributed by atoms with Gasteiger partial charge >= 0.3 is 0 Å². The highest BCUT2D eigenvalue weighted by Gasteiger charge is 2.09. The summed E-state index contributed by atoms with van der Waals surface area (Å²) in [7, 11) is 0. The zero-order chi connectivity index (χ0) is 16.4.